The summed E-state index contributed by atoms with van der Waals surface area (Å²) in [6.07, 6.45) is 1.24. The summed E-state index contributed by atoms with van der Waals surface area (Å²) in [5, 5.41) is 13.4. The van der Waals surface area contributed by atoms with E-state index < -0.39 is 23.8 Å². The van der Waals surface area contributed by atoms with Crippen LogP contribution in [0.1, 0.15) is 27.2 Å². The van der Waals surface area contributed by atoms with Crippen molar-refractivity contribution in [2.24, 2.45) is 0 Å². The van der Waals surface area contributed by atoms with E-state index in [9.17, 15) is 24.3 Å². The van der Waals surface area contributed by atoms with Gasteiger partial charge in [-0.05, 0) is 55.8 Å². The largest absolute Gasteiger partial charge is 0.545 e. The number of carboxylic acids is 1. The van der Waals surface area contributed by atoms with Crippen LogP contribution in [0.2, 0.25) is 0 Å². The van der Waals surface area contributed by atoms with Gasteiger partial charge in [-0.25, -0.2) is 9.69 Å². The first-order valence-electron chi connectivity index (χ1n) is 9.65. The van der Waals surface area contributed by atoms with Gasteiger partial charge >= 0.3 is 6.03 Å². The molecule has 160 valence electrons. The summed E-state index contributed by atoms with van der Waals surface area (Å²) < 4.78 is 5.70. The van der Waals surface area contributed by atoms with Crippen LogP contribution in [-0.2, 0) is 9.59 Å². The Morgan fingerprint density at radius 1 is 1.00 bits per heavy atom. The Kier molecular flexibility index (Phi) is 5.19. The molecule has 0 aliphatic carbocycles. The van der Waals surface area contributed by atoms with Gasteiger partial charge in [-0.3, -0.25) is 14.9 Å². The maximum Gasteiger partial charge on any atom is 0.335 e. The predicted octanol–water partition coefficient (Wildman–Crippen LogP) is 2.59. The number of hydrogen-bond donors (Lipinski definition) is 1. The Labute approximate surface area is 182 Å². The Hall–Kier alpha value is -4.46. The van der Waals surface area contributed by atoms with Crippen LogP contribution < -0.4 is 15.3 Å². The molecule has 4 amide bonds. The van der Waals surface area contributed by atoms with Crippen molar-refractivity contribution in [1.29, 1.82) is 0 Å². The molecule has 32 heavy (non-hydrogen) atoms. The molecule has 0 radical (unpaired) electrons. The van der Waals surface area contributed by atoms with Crippen molar-refractivity contribution in [1.82, 2.24) is 5.32 Å². The molecule has 1 saturated heterocycles. The van der Waals surface area contributed by atoms with Crippen LogP contribution in [0.15, 0.2) is 64.6 Å². The van der Waals surface area contributed by atoms with Crippen molar-refractivity contribution in [3.63, 3.8) is 0 Å². The number of carboxylic acid groups (broad SMARTS) is 1. The molecule has 0 spiro atoms. The van der Waals surface area contributed by atoms with E-state index in [4.69, 9.17) is 4.42 Å². The highest BCUT2D eigenvalue weighted by Crippen LogP contribution is 2.27. The van der Waals surface area contributed by atoms with Crippen molar-refractivity contribution >= 4 is 35.6 Å². The first-order valence-corrected chi connectivity index (χ1v) is 9.65. The third-order valence-electron chi connectivity index (χ3n) is 5.05. The third kappa shape index (κ3) is 3.81. The second-order valence-electron chi connectivity index (χ2n) is 7.31. The summed E-state index contributed by atoms with van der Waals surface area (Å²) in [5.41, 5.74) is 2.08. The van der Waals surface area contributed by atoms with Gasteiger partial charge in [0.15, 0.2) is 0 Å². The zero-order chi connectivity index (χ0) is 23.0. The topological polar surface area (TPSA) is 120 Å². The van der Waals surface area contributed by atoms with E-state index in [1.54, 1.807) is 49.4 Å². The van der Waals surface area contributed by atoms with Crippen LogP contribution >= 0.6 is 0 Å². The minimum atomic E-state index is -1.30. The third-order valence-corrected chi connectivity index (χ3v) is 5.05. The summed E-state index contributed by atoms with van der Waals surface area (Å²) in [6, 6.07) is 13.7. The summed E-state index contributed by atoms with van der Waals surface area (Å²) in [6.45, 7) is 3.52. The van der Waals surface area contributed by atoms with Gasteiger partial charge in [-0.1, -0.05) is 29.8 Å². The maximum absolute atomic E-state index is 12.9. The van der Waals surface area contributed by atoms with E-state index in [1.165, 1.54) is 18.2 Å². The molecule has 0 unspecified atom stereocenters. The summed E-state index contributed by atoms with van der Waals surface area (Å²) >= 11 is 0. The van der Waals surface area contributed by atoms with Gasteiger partial charge in [-0.2, -0.15) is 0 Å². The molecular weight excluding hydrogens is 412 g/mol. The maximum atomic E-state index is 12.9. The number of carbonyl (C=O) groups is 4. The number of nitrogens with one attached hydrogen (secondary N) is 1. The van der Waals surface area contributed by atoms with E-state index in [0.29, 0.717) is 22.6 Å². The molecule has 2 aromatic carbocycles. The molecular formula is C24H17N2O6-. The van der Waals surface area contributed by atoms with Crippen molar-refractivity contribution in [3.05, 3.63) is 82.6 Å². The minimum Gasteiger partial charge on any atom is -0.545 e. The minimum absolute atomic E-state index is 0.0351. The van der Waals surface area contributed by atoms with Gasteiger partial charge in [0.25, 0.3) is 11.8 Å². The highest BCUT2D eigenvalue weighted by molar-refractivity contribution is 6.39. The second kappa shape index (κ2) is 7.99. The molecule has 0 bridgehead atoms. The summed E-state index contributed by atoms with van der Waals surface area (Å²) in [7, 11) is 0. The van der Waals surface area contributed by atoms with E-state index in [-0.39, 0.29) is 16.9 Å². The molecule has 1 N–H and O–H groups in total. The number of imide groups is 2. The van der Waals surface area contributed by atoms with Gasteiger partial charge in [0.1, 0.15) is 17.1 Å². The standard InChI is InChI=1S/C24H18N2O6/c1-13-3-7-16(8-4-13)26-22(28)19(21(27)25-24(26)31)12-17-9-10-20(32-17)15-6-5-14(2)18(11-15)23(29)30/h3-12H,1-2H3,(H,29,30)(H,25,27,31)/p-1/b19-12+. The summed E-state index contributed by atoms with van der Waals surface area (Å²) in [5.74, 6) is -2.39. The van der Waals surface area contributed by atoms with Crippen molar-refractivity contribution in [2.75, 3.05) is 4.90 Å². The lowest BCUT2D eigenvalue weighted by Gasteiger charge is -2.26. The lowest BCUT2D eigenvalue weighted by Crippen LogP contribution is -2.54. The number of nitrogens with zero attached hydrogens (tertiary/aromatic N) is 1. The fourth-order valence-electron chi connectivity index (χ4n) is 3.31. The highest BCUT2D eigenvalue weighted by Gasteiger charge is 2.37. The van der Waals surface area contributed by atoms with Crippen LogP contribution in [0.4, 0.5) is 10.5 Å². The Bertz CT molecular complexity index is 1300. The fourth-order valence-corrected chi connectivity index (χ4v) is 3.31. The molecule has 0 atom stereocenters. The monoisotopic (exact) mass is 429 g/mol. The Morgan fingerprint density at radius 2 is 1.72 bits per heavy atom. The van der Waals surface area contributed by atoms with Crippen LogP contribution in [0.5, 0.6) is 0 Å². The number of hydrogen-bond acceptors (Lipinski definition) is 6. The van der Waals surface area contributed by atoms with Gasteiger partial charge in [0, 0.05) is 11.1 Å². The molecule has 0 saturated carbocycles. The average molecular weight is 429 g/mol. The summed E-state index contributed by atoms with van der Waals surface area (Å²) in [4.78, 5) is 49.7. The van der Waals surface area contributed by atoms with Gasteiger partial charge in [0.2, 0.25) is 0 Å². The van der Waals surface area contributed by atoms with Gasteiger partial charge in [-0.15, -0.1) is 0 Å². The molecule has 8 heteroatoms. The first kappa shape index (κ1) is 20.8. The number of carbonyl (C=O) groups excluding carboxylic acids is 4. The van der Waals surface area contributed by atoms with E-state index >= 15 is 0 Å². The number of furan rings is 1. The smallest absolute Gasteiger partial charge is 0.335 e. The molecule has 1 aliphatic heterocycles. The normalized spacial score (nSPS) is 15.2. The number of barbiturate groups is 1. The highest BCUT2D eigenvalue weighted by atomic mass is 16.4. The molecule has 2 heterocycles. The second-order valence-corrected chi connectivity index (χ2v) is 7.31. The van der Waals surface area contributed by atoms with Crippen LogP contribution in [0.25, 0.3) is 17.4 Å². The van der Waals surface area contributed by atoms with E-state index in [1.807, 2.05) is 6.92 Å². The number of amides is 4. The average Bonchev–Trinajstić information content (AvgIpc) is 3.21. The number of aryl methyl sites for hydroxylation is 2. The molecule has 3 aromatic rings. The predicted molar refractivity (Wildman–Crippen MR) is 113 cm³/mol. The van der Waals surface area contributed by atoms with E-state index in [0.717, 1.165) is 10.5 Å². The Balaban J connectivity index is 1.67. The zero-order valence-electron chi connectivity index (χ0n) is 17.2. The zero-order valence-corrected chi connectivity index (χ0v) is 17.2. The van der Waals surface area contributed by atoms with Gasteiger partial charge in [0.05, 0.1) is 11.7 Å². The number of aromatic carboxylic acids is 1. The lowest BCUT2D eigenvalue weighted by molar-refractivity contribution is -0.255. The SMILES string of the molecule is Cc1ccc(N2C(=O)NC(=O)/C(=C\c3ccc(-c4ccc(C)c(C(=O)[O-])c4)o3)C2=O)cc1. The van der Waals surface area contributed by atoms with E-state index in [2.05, 4.69) is 5.32 Å². The Morgan fingerprint density at radius 3 is 2.41 bits per heavy atom. The fraction of sp³-hybridized carbons (Fsp3) is 0.0833. The lowest BCUT2D eigenvalue weighted by atomic mass is 10.0. The molecule has 4 rings (SSSR count). The van der Waals surface area contributed by atoms with Crippen molar-refractivity contribution in [3.8, 4) is 11.3 Å². The quantitative estimate of drug-likeness (QED) is 0.503. The molecule has 1 aromatic heterocycles. The van der Waals surface area contributed by atoms with Crippen LogP contribution in [-0.4, -0.2) is 23.8 Å². The van der Waals surface area contributed by atoms with Crippen molar-refractivity contribution in [2.45, 2.75) is 13.8 Å². The first-order chi connectivity index (χ1) is 15.2. The molecule has 1 fully saturated rings. The van der Waals surface area contributed by atoms with Crippen LogP contribution in [0.3, 0.4) is 0 Å². The van der Waals surface area contributed by atoms with Gasteiger partial charge < -0.3 is 14.3 Å². The molecule has 1 aliphatic rings. The number of benzene rings is 2. The molecule has 8 nitrogen and oxygen atoms in total. The van der Waals surface area contributed by atoms with Crippen LogP contribution in [0, 0.1) is 13.8 Å². The number of anilines is 1. The number of rotatable bonds is 4. The number of urea groups is 1. The van der Waals surface area contributed by atoms with Crippen molar-refractivity contribution < 1.29 is 28.7 Å².